The van der Waals surface area contributed by atoms with Crippen molar-refractivity contribution in [1.82, 2.24) is 14.3 Å². The highest BCUT2D eigenvalue weighted by Gasteiger charge is 2.62. The van der Waals surface area contributed by atoms with Gasteiger partial charge in [0.25, 0.3) is 0 Å². The summed E-state index contributed by atoms with van der Waals surface area (Å²) < 4.78 is 81.9. The Morgan fingerprint density at radius 2 is 1.49 bits per heavy atom. The summed E-state index contributed by atoms with van der Waals surface area (Å²) in [4.78, 5) is 49.0. The second-order valence-electron chi connectivity index (χ2n) is 10.4. The maximum atomic E-state index is 13.4. The van der Waals surface area contributed by atoms with E-state index in [0.717, 1.165) is 16.8 Å². The van der Waals surface area contributed by atoms with Gasteiger partial charge < -0.3 is 19.3 Å². The van der Waals surface area contributed by atoms with Gasteiger partial charge in [0.2, 0.25) is 0 Å². The maximum Gasteiger partial charge on any atom is 0.457 e. The van der Waals surface area contributed by atoms with Gasteiger partial charge in [0.15, 0.2) is 24.1 Å². The zero-order valence-corrected chi connectivity index (χ0v) is 24.6. The summed E-state index contributed by atoms with van der Waals surface area (Å²) in [5.41, 5.74) is -1.74. The molecule has 0 aliphatic rings. The smallest absolute Gasteiger partial charge is 0.457 e. The first kappa shape index (κ1) is 34.7. The van der Waals surface area contributed by atoms with Crippen LogP contribution < -0.4 is 10.4 Å². The summed E-state index contributed by atoms with van der Waals surface area (Å²) in [5.74, 6) is -8.19. The van der Waals surface area contributed by atoms with E-state index in [-0.39, 0.29) is 42.4 Å². The topological polar surface area (TPSA) is 139 Å². The van der Waals surface area contributed by atoms with Crippen LogP contribution in [-0.2, 0) is 34.0 Å². The Labute approximate surface area is 253 Å². The van der Waals surface area contributed by atoms with Gasteiger partial charge in [-0.15, -0.1) is 0 Å². The molecule has 0 aliphatic heterocycles. The predicted molar refractivity (Wildman–Crippen MR) is 146 cm³/mol. The maximum absolute atomic E-state index is 13.4. The van der Waals surface area contributed by atoms with Crippen LogP contribution in [0.3, 0.4) is 0 Å². The highest BCUT2D eigenvalue weighted by atomic mass is 19.4. The minimum Gasteiger partial charge on any atom is -0.478 e. The number of halogens is 5. The highest BCUT2D eigenvalue weighted by molar-refractivity contribution is 5.90. The normalized spacial score (nSPS) is 12.8. The summed E-state index contributed by atoms with van der Waals surface area (Å²) >= 11 is 0. The number of nitrogens with zero attached hydrogens (tertiary/aromatic N) is 3. The molecule has 0 unspecified atom stereocenters. The molecule has 0 saturated heterocycles. The van der Waals surface area contributed by atoms with Crippen LogP contribution in [0, 0.1) is 0 Å². The second kappa shape index (κ2) is 13.5. The molecular weight excluding hydrogens is 613 g/mol. The number of esters is 2. The summed E-state index contributed by atoms with van der Waals surface area (Å²) in [7, 11) is 0. The molecule has 3 aromatic rings. The van der Waals surface area contributed by atoms with Crippen molar-refractivity contribution < 1.29 is 55.7 Å². The number of carboxylic acids is 1. The molecule has 11 nitrogen and oxygen atoms in total. The van der Waals surface area contributed by atoms with Gasteiger partial charge in [0.05, 0.1) is 17.7 Å². The fraction of sp³-hybridized carbons (Fsp3) is 0.414. The van der Waals surface area contributed by atoms with Gasteiger partial charge in [0, 0.05) is 6.54 Å². The predicted octanol–water partition coefficient (Wildman–Crippen LogP) is 4.85. The van der Waals surface area contributed by atoms with Crippen molar-refractivity contribution in [2.75, 3.05) is 0 Å². The van der Waals surface area contributed by atoms with Crippen LogP contribution in [0.4, 0.5) is 22.0 Å². The van der Waals surface area contributed by atoms with E-state index >= 15 is 0 Å². The minimum atomic E-state index is -5.90. The average molecular weight is 644 g/mol. The van der Waals surface area contributed by atoms with Crippen LogP contribution in [0.5, 0.6) is 5.75 Å². The second-order valence-corrected chi connectivity index (χ2v) is 10.4. The SMILES string of the molecule is CCCn1c(COC(=O)c2ccc(OC(C)(C)C(=O)O)cc2)nn(Cc2ccc(C(=O)O[C@H](C)C(F)(F)C(F)(F)F)cc2)c1=O. The van der Waals surface area contributed by atoms with Crippen LogP contribution in [0.25, 0.3) is 0 Å². The lowest BCUT2D eigenvalue weighted by atomic mass is 10.1. The third-order valence-electron chi connectivity index (χ3n) is 6.45. The molecule has 1 heterocycles. The average Bonchev–Trinajstić information content (AvgIpc) is 3.25. The van der Waals surface area contributed by atoms with Crippen molar-refractivity contribution in [3.63, 3.8) is 0 Å². The van der Waals surface area contributed by atoms with Gasteiger partial charge in [-0.2, -0.15) is 27.1 Å². The first-order chi connectivity index (χ1) is 20.9. The van der Waals surface area contributed by atoms with Crippen LogP contribution in [0.15, 0.2) is 53.3 Å². The Balaban J connectivity index is 1.68. The molecule has 0 aliphatic carbocycles. The molecule has 0 spiro atoms. The number of hydrogen-bond acceptors (Lipinski definition) is 8. The summed E-state index contributed by atoms with van der Waals surface area (Å²) in [6, 6.07) is 10.6. The molecule has 0 amide bonds. The Hall–Kier alpha value is -4.76. The quantitative estimate of drug-likeness (QED) is 0.205. The van der Waals surface area contributed by atoms with Crippen molar-refractivity contribution in [3.05, 3.63) is 81.5 Å². The van der Waals surface area contributed by atoms with Gasteiger partial charge in [-0.05, 0) is 69.2 Å². The highest BCUT2D eigenvalue weighted by Crippen LogP contribution is 2.39. The van der Waals surface area contributed by atoms with Crippen LogP contribution in [0.2, 0.25) is 0 Å². The van der Waals surface area contributed by atoms with Crippen molar-refractivity contribution in [3.8, 4) is 5.75 Å². The largest absolute Gasteiger partial charge is 0.478 e. The molecule has 244 valence electrons. The van der Waals surface area contributed by atoms with Crippen molar-refractivity contribution in [2.45, 2.75) is 77.6 Å². The molecule has 0 bridgehead atoms. The fourth-order valence-electron chi connectivity index (χ4n) is 3.81. The molecule has 0 fully saturated rings. The van der Waals surface area contributed by atoms with E-state index in [0.29, 0.717) is 18.9 Å². The Bertz CT molecular complexity index is 1580. The zero-order chi connectivity index (χ0) is 33.7. The van der Waals surface area contributed by atoms with Gasteiger partial charge in [0.1, 0.15) is 5.75 Å². The van der Waals surface area contributed by atoms with Crippen LogP contribution >= 0.6 is 0 Å². The molecule has 0 radical (unpaired) electrons. The lowest BCUT2D eigenvalue weighted by Crippen LogP contribution is -2.47. The number of carbonyl (C=O) groups is 3. The molecule has 2 aromatic carbocycles. The molecule has 3 rings (SSSR count). The van der Waals surface area contributed by atoms with E-state index in [1.54, 1.807) is 0 Å². The van der Waals surface area contributed by atoms with Gasteiger partial charge in [-0.3, -0.25) is 4.57 Å². The number of alkyl halides is 5. The number of carboxylic acid groups (broad SMARTS) is 1. The third kappa shape index (κ3) is 8.25. The van der Waals surface area contributed by atoms with E-state index in [1.165, 1.54) is 54.8 Å². The zero-order valence-electron chi connectivity index (χ0n) is 24.6. The lowest BCUT2D eigenvalue weighted by Gasteiger charge is -2.25. The molecule has 16 heteroatoms. The number of rotatable bonds is 13. The Kier molecular flexibility index (Phi) is 10.4. The van der Waals surface area contributed by atoms with Crippen molar-refractivity contribution in [1.29, 1.82) is 0 Å². The Morgan fingerprint density at radius 1 is 0.933 bits per heavy atom. The lowest BCUT2D eigenvalue weighted by molar-refractivity contribution is -0.309. The number of ether oxygens (including phenoxy) is 3. The summed E-state index contributed by atoms with van der Waals surface area (Å²) in [5, 5.41) is 13.4. The van der Waals surface area contributed by atoms with Gasteiger partial charge >= 0.3 is 35.7 Å². The summed E-state index contributed by atoms with van der Waals surface area (Å²) in [6.45, 7) is 4.77. The monoisotopic (exact) mass is 643 g/mol. The molecule has 1 N–H and O–H groups in total. The number of carbonyl (C=O) groups excluding carboxylic acids is 2. The number of benzene rings is 2. The molecule has 45 heavy (non-hydrogen) atoms. The first-order valence-corrected chi connectivity index (χ1v) is 13.5. The van der Waals surface area contributed by atoms with E-state index in [2.05, 4.69) is 9.84 Å². The van der Waals surface area contributed by atoms with Gasteiger partial charge in [-0.25, -0.2) is 23.9 Å². The first-order valence-electron chi connectivity index (χ1n) is 13.5. The van der Waals surface area contributed by atoms with Crippen molar-refractivity contribution in [2.24, 2.45) is 0 Å². The fourth-order valence-corrected chi connectivity index (χ4v) is 3.81. The van der Waals surface area contributed by atoms with Crippen LogP contribution in [-0.4, -0.2) is 61.2 Å². The molecule has 1 atom stereocenters. The van der Waals surface area contributed by atoms with E-state index < -0.39 is 47.4 Å². The number of aromatic nitrogens is 3. The summed E-state index contributed by atoms with van der Waals surface area (Å²) in [6.07, 6.45) is -8.11. The Morgan fingerprint density at radius 3 is 2.02 bits per heavy atom. The van der Waals surface area contributed by atoms with Crippen LogP contribution in [0.1, 0.15) is 66.2 Å². The molecular formula is C29H30F5N3O8. The van der Waals surface area contributed by atoms with Crippen molar-refractivity contribution >= 4 is 17.9 Å². The number of hydrogen-bond donors (Lipinski definition) is 1. The number of aliphatic carboxylic acids is 1. The standard InChI is InChI=1S/C29H30F5N3O8/c1-5-14-36-22(16-43-23(38)19-10-12-21(13-11-19)45-27(3,4)25(40)41)35-37(26(36)42)15-18-6-8-20(9-7-18)24(39)44-17(2)28(30,31)29(32,33)34/h6-13,17H,5,14-16H2,1-4H3,(H,40,41)/t17-/m1/s1. The van der Waals surface area contributed by atoms with E-state index in [9.17, 15) is 46.2 Å². The van der Waals surface area contributed by atoms with E-state index in [4.69, 9.17) is 9.47 Å². The third-order valence-corrected chi connectivity index (χ3v) is 6.45. The van der Waals surface area contributed by atoms with E-state index in [1.807, 2.05) is 6.92 Å². The van der Waals surface area contributed by atoms with Gasteiger partial charge in [-0.1, -0.05) is 19.1 Å². The molecule has 1 aromatic heterocycles. The minimum absolute atomic E-state index is 0.109. The molecule has 0 saturated carbocycles.